The summed E-state index contributed by atoms with van der Waals surface area (Å²) in [5.41, 5.74) is 1.54. The largest absolute Gasteiger partial charge is 0.368 e. The smallest absolute Gasteiger partial charge is 0.255 e. The number of anilines is 1. The van der Waals surface area contributed by atoms with Gasteiger partial charge in [-0.2, -0.15) is 0 Å². The Balaban J connectivity index is 1.23. The van der Waals surface area contributed by atoms with Crippen molar-refractivity contribution in [2.45, 2.75) is 30.3 Å². The molecule has 0 bridgehead atoms. The topological polar surface area (TPSA) is 136 Å². The number of sulfonamides is 1. The van der Waals surface area contributed by atoms with E-state index < -0.39 is 40.3 Å². The number of imide groups is 1. The van der Waals surface area contributed by atoms with Crippen LogP contribution in [0, 0.1) is 0 Å². The Labute approximate surface area is 214 Å². The number of rotatable bonds is 6. The van der Waals surface area contributed by atoms with Gasteiger partial charge in [0, 0.05) is 56.0 Å². The molecule has 11 nitrogen and oxygen atoms in total. The molecule has 3 heterocycles. The molecule has 4 amide bonds. The maximum atomic E-state index is 13.2. The summed E-state index contributed by atoms with van der Waals surface area (Å²) in [6, 6.07) is 13.4. The minimum Gasteiger partial charge on any atom is -0.368 e. The molecule has 2 fully saturated rings. The molecule has 3 aliphatic rings. The average molecular weight is 526 g/mol. The maximum absolute atomic E-state index is 13.2. The van der Waals surface area contributed by atoms with E-state index in [-0.39, 0.29) is 41.3 Å². The average Bonchev–Trinajstić information content (AvgIpc) is 3.24. The Morgan fingerprint density at radius 2 is 1.70 bits per heavy atom. The van der Waals surface area contributed by atoms with Crippen molar-refractivity contribution in [2.75, 3.05) is 37.6 Å². The number of piperidine rings is 1. The Kier molecular flexibility index (Phi) is 6.69. The maximum Gasteiger partial charge on any atom is 0.255 e. The summed E-state index contributed by atoms with van der Waals surface area (Å²) in [7, 11) is -4.11. The van der Waals surface area contributed by atoms with Gasteiger partial charge in [0.15, 0.2) is 0 Å². The zero-order valence-electron chi connectivity index (χ0n) is 20.1. The summed E-state index contributed by atoms with van der Waals surface area (Å²) in [4.78, 5) is 54.5. The van der Waals surface area contributed by atoms with Crippen LogP contribution in [-0.2, 0) is 31.0 Å². The summed E-state index contributed by atoms with van der Waals surface area (Å²) in [5.74, 6) is -1.76. The van der Waals surface area contributed by atoms with E-state index in [1.54, 1.807) is 4.90 Å². The van der Waals surface area contributed by atoms with Crippen LogP contribution < -0.4 is 14.9 Å². The van der Waals surface area contributed by atoms with Gasteiger partial charge in [-0.25, -0.2) is 13.1 Å². The molecule has 1 atom stereocenters. The highest BCUT2D eigenvalue weighted by Crippen LogP contribution is 2.31. The van der Waals surface area contributed by atoms with E-state index in [1.807, 2.05) is 30.3 Å². The molecule has 2 aromatic carbocycles. The van der Waals surface area contributed by atoms with E-state index >= 15 is 0 Å². The zero-order chi connectivity index (χ0) is 26.2. The van der Waals surface area contributed by atoms with Crippen LogP contribution in [0.5, 0.6) is 0 Å². The summed E-state index contributed by atoms with van der Waals surface area (Å²) in [6.07, 6.45) is 0.279. The van der Waals surface area contributed by atoms with Gasteiger partial charge in [-0.3, -0.25) is 24.5 Å². The molecule has 2 saturated heterocycles. The number of carbonyl (C=O) groups excluding carboxylic acids is 4. The Bertz CT molecular complexity index is 1350. The van der Waals surface area contributed by atoms with Gasteiger partial charge in [0.2, 0.25) is 27.7 Å². The van der Waals surface area contributed by atoms with E-state index in [2.05, 4.69) is 14.9 Å². The lowest BCUT2D eigenvalue weighted by molar-refractivity contribution is -0.137. The van der Waals surface area contributed by atoms with Crippen molar-refractivity contribution in [3.8, 4) is 0 Å². The fourth-order valence-corrected chi connectivity index (χ4v) is 6.23. The highest BCUT2D eigenvalue weighted by atomic mass is 32.2. The predicted octanol–water partition coefficient (Wildman–Crippen LogP) is 0.0747. The Morgan fingerprint density at radius 1 is 0.973 bits per heavy atom. The third-order valence-electron chi connectivity index (χ3n) is 7.00. The lowest BCUT2D eigenvalue weighted by Gasteiger charge is -2.36. The second-order valence-electron chi connectivity index (χ2n) is 9.21. The minimum absolute atomic E-state index is 0.0765. The molecule has 0 spiro atoms. The fourth-order valence-electron chi connectivity index (χ4n) is 5.01. The molecule has 1 unspecified atom stereocenters. The number of fused-ring (bicyclic) bond motifs is 1. The minimum atomic E-state index is -4.11. The molecule has 0 aromatic heterocycles. The standard InChI is InChI=1S/C25H27N5O6S/c31-22-10-9-20(24(33)27-22)30-16-19-18(25(30)34)7-4-8-21(19)37(35,36)26-15-23(32)29-13-11-28(12-14-29)17-5-2-1-3-6-17/h1-8,20,26H,9-16H2,(H,27,31,33). The molecule has 5 rings (SSSR count). The van der Waals surface area contributed by atoms with Crippen LogP contribution in [0.1, 0.15) is 28.8 Å². The van der Waals surface area contributed by atoms with E-state index in [9.17, 15) is 27.6 Å². The van der Waals surface area contributed by atoms with Gasteiger partial charge in [-0.05, 0) is 30.7 Å². The van der Waals surface area contributed by atoms with E-state index in [4.69, 9.17) is 0 Å². The van der Waals surface area contributed by atoms with Crippen LogP contribution >= 0.6 is 0 Å². The zero-order valence-corrected chi connectivity index (χ0v) is 20.9. The van der Waals surface area contributed by atoms with Crippen LogP contribution in [-0.4, -0.2) is 80.6 Å². The molecule has 37 heavy (non-hydrogen) atoms. The van der Waals surface area contributed by atoms with Crippen LogP contribution in [0.2, 0.25) is 0 Å². The second-order valence-corrected chi connectivity index (χ2v) is 10.9. The van der Waals surface area contributed by atoms with Crippen molar-refractivity contribution < 1.29 is 27.6 Å². The Hall–Kier alpha value is -3.77. The number of benzene rings is 2. The van der Waals surface area contributed by atoms with Gasteiger partial charge < -0.3 is 14.7 Å². The summed E-state index contributed by atoms with van der Waals surface area (Å²) in [5, 5.41) is 2.23. The van der Waals surface area contributed by atoms with Crippen molar-refractivity contribution in [1.29, 1.82) is 0 Å². The summed E-state index contributed by atoms with van der Waals surface area (Å²) in [6.45, 7) is 1.77. The highest BCUT2D eigenvalue weighted by molar-refractivity contribution is 7.89. The lowest BCUT2D eigenvalue weighted by Crippen LogP contribution is -2.52. The number of para-hydroxylation sites is 1. The van der Waals surface area contributed by atoms with Crippen molar-refractivity contribution in [3.63, 3.8) is 0 Å². The number of carbonyl (C=O) groups is 4. The molecule has 12 heteroatoms. The third-order valence-corrected chi connectivity index (χ3v) is 8.48. The van der Waals surface area contributed by atoms with Crippen molar-refractivity contribution in [1.82, 2.24) is 19.8 Å². The fraction of sp³-hybridized carbons (Fsp3) is 0.360. The quantitative estimate of drug-likeness (QED) is 0.510. The third kappa shape index (κ3) is 4.94. The normalized spacial score (nSPS) is 20.2. The molecule has 194 valence electrons. The molecule has 0 radical (unpaired) electrons. The number of piperazine rings is 1. The number of hydrogen-bond donors (Lipinski definition) is 2. The van der Waals surface area contributed by atoms with Gasteiger partial charge in [-0.1, -0.05) is 24.3 Å². The number of hydrogen-bond acceptors (Lipinski definition) is 7. The number of nitrogens with one attached hydrogen (secondary N) is 2. The molecule has 0 aliphatic carbocycles. The molecule has 2 N–H and O–H groups in total. The molecule has 0 saturated carbocycles. The Morgan fingerprint density at radius 3 is 2.41 bits per heavy atom. The van der Waals surface area contributed by atoms with Gasteiger partial charge in [0.05, 0.1) is 11.4 Å². The predicted molar refractivity (Wildman–Crippen MR) is 133 cm³/mol. The molecule has 3 aliphatic heterocycles. The lowest BCUT2D eigenvalue weighted by atomic mass is 10.0. The number of amides is 4. The monoisotopic (exact) mass is 525 g/mol. The molecular formula is C25H27N5O6S. The van der Waals surface area contributed by atoms with Crippen LogP contribution in [0.25, 0.3) is 0 Å². The highest BCUT2D eigenvalue weighted by Gasteiger charge is 2.41. The van der Waals surface area contributed by atoms with Crippen LogP contribution in [0.3, 0.4) is 0 Å². The van der Waals surface area contributed by atoms with Crippen molar-refractivity contribution in [2.24, 2.45) is 0 Å². The summed E-state index contributed by atoms with van der Waals surface area (Å²) >= 11 is 0. The van der Waals surface area contributed by atoms with Gasteiger partial charge in [0.1, 0.15) is 6.04 Å². The number of nitrogens with zero attached hydrogens (tertiary/aromatic N) is 3. The first-order valence-corrected chi connectivity index (χ1v) is 13.6. The first-order chi connectivity index (χ1) is 17.7. The SMILES string of the molecule is O=C1CCC(N2Cc3c(cccc3S(=O)(=O)NCC(=O)N3CCN(c4ccccc4)CC3)C2=O)C(=O)N1. The van der Waals surface area contributed by atoms with E-state index in [0.29, 0.717) is 26.2 Å². The van der Waals surface area contributed by atoms with Crippen molar-refractivity contribution in [3.05, 3.63) is 59.7 Å². The molecular weight excluding hydrogens is 498 g/mol. The van der Waals surface area contributed by atoms with Crippen molar-refractivity contribution >= 4 is 39.3 Å². The van der Waals surface area contributed by atoms with E-state index in [0.717, 1.165) is 5.69 Å². The molecule has 2 aromatic rings. The first-order valence-electron chi connectivity index (χ1n) is 12.1. The van der Waals surface area contributed by atoms with Crippen LogP contribution in [0.15, 0.2) is 53.4 Å². The second kappa shape index (κ2) is 9.94. The van der Waals surface area contributed by atoms with Gasteiger partial charge >= 0.3 is 0 Å². The van der Waals surface area contributed by atoms with Gasteiger partial charge in [-0.15, -0.1) is 0 Å². The first kappa shape index (κ1) is 24.9. The van der Waals surface area contributed by atoms with Gasteiger partial charge in [0.25, 0.3) is 5.91 Å². The summed E-state index contributed by atoms with van der Waals surface area (Å²) < 4.78 is 28.7. The van der Waals surface area contributed by atoms with Crippen LogP contribution in [0.4, 0.5) is 5.69 Å². The van der Waals surface area contributed by atoms with E-state index in [1.165, 1.54) is 23.1 Å².